The number of nitrogens with zero attached hydrogens (tertiary/aromatic N) is 1. The minimum absolute atomic E-state index is 0.502. The second kappa shape index (κ2) is 7.43. The molecule has 0 spiro atoms. The van der Waals surface area contributed by atoms with Gasteiger partial charge in [-0.1, -0.05) is 62.4 Å². The zero-order valence-corrected chi connectivity index (χ0v) is 20.8. The Morgan fingerprint density at radius 1 is 0.824 bits per heavy atom. The number of aromatic nitrogens is 1. The second-order valence-electron chi connectivity index (χ2n) is 10.1. The van der Waals surface area contributed by atoms with Crippen molar-refractivity contribution in [3.63, 3.8) is 0 Å². The minimum Gasteiger partial charge on any atom is -0.449 e. The normalized spacial score (nSPS) is 12.3. The summed E-state index contributed by atoms with van der Waals surface area (Å²) in [6.07, 6.45) is 0. The topological polar surface area (TPSA) is 13.1 Å². The van der Waals surface area contributed by atoms with Gasteiger partial charge < -0.3 is 4.74 Å². The largest absolute Gasteiger partial charge is 0.449 e. The van der Waals surface area contributed by atoms with E-state index in [-0.39, 0.29) is 0 Å². The van der Waals surface area contributed by atoms with E-state index < -0.39 is 0 Å². The maximum absolute atomic E-state index is 6.86. The van der Waals surface area contributed by atoms with Crippen molar-refractivity contribution in [3.8, 4) is 33.9 Å². The van der Waals surface area contributed by atoms with Crippen LogP contribution in [0.2, 0.25) is 0 Å². The molecule has 2 heterocycles. The summed E-state index contributed by atoms with van der Waals surface area (Å²) >= 11 is 0. The Balaban J connectivity index is 1.79. The van der Waals surface area contributed by atoms with Crippen LogP contribution in [-0.2, 0) is 7.05 Å². The van der Waals surface area contributed by atoms with Crippen LogP contribution in [-0.4, -0.2) is 0 Å². The van der Waals surface area contributed by atoms with Crippen LogP contribution in [0.4, 0.5) is 0 Å². The van der Waals surface area contributed by atoms with E-state index in [2.05, 4.69) is 113 Å². The molecule has 1 aromatic heterocycles. The number of pyridine rings is 1. The van der Waals surface area contributed by atoms with Crippen LogP contribution in [0.3, 0.4) is 0 Å². The van der Waals surface area contributed by atoms with Crippen LogP contribution in [0, 0.1) is 20.8 Å². The fourth-order valence-electron chi connectivity index (χ4n) is 5.57. The summed E-state index contributed by atoms with van der Waals surface area (Å²) in [4.78, 5) is 0. The number of ether oxygens (including phenoxy) is 1. The van der Waals surface area contributed by atoms with Crippen LogP contribution in [0.25, 0.3) is 44.1 Å². The highest BCUT2D eigenvalue weighted by Gasteiger charge is 2.35. The van der Waals surface area contributed by atoms with Crippen molar-refractivity contribution >= 4 is 21.7 Å². The number of para-hydroxylation sites is 1. The summed E-state index contributed by atoms with van der Waals surface area (Å²) < 4.78 is 9.18. The number of hydrogen-bond donors (Lipinski definition) is 0. The van der Waals surface area contributed by atoms with Gasteiger partial charge >= 0.3 is 0 Å². The van der Waals surface area contributed by atoms with Gasteiger partial charge in [-0.15, -0.1) is 0 Å². The molecule has 0 aliphatic carbocycles. The maximum atomic E-state index is 6.86. The van der Waals surface area contributed by atoms with Gasteiger partial charge in [0.2, 0.25) is 11.3 Å². The standard InChI is InChI=1S/C32H30NO/c1-18(2)22-11-13-23(14-12-22)29-25-9-7-8-10-26(25)33(6)31-28-21(5)20(4)17-24-15-19(3)16-27(30(24)28)34-32(29)31/h7-18H,1-6H3/q+1. The minimum atomic E-state index is 0.502. The van der Waals surface area contributed by atoms with Crippen LogP contribution in [0.5, 0.6) is 11.5 Å². The Morgan fingerprint density at radius 3 is 2.29 bits per heavy atom. The lowest BCUT2D eigenvalue weighted by atomic mass is 9.87. The molecule has 0 fully saturated rings. The molecule has 1 aliphatic rings. The zero-order valence-electron chi connectivity index (χ0n) is 20.8. The van der Waals surface area contributed by atoms with E-state index in [4.69, 9.17) is 4.74 Å². The summed E-state index contributed by atoms with van der Waals surface area (Å²) in [6.45, 7) is 11.1. The molecule has 0 unspecified atom stereocenters. The molecule has 5 aromatic rings. The molecule has 6 rings (SSSR count). The molecule has 2 nitrogen and oxygen atoms in total. The van der Waals surface area contributed by atoms with E-state index in [1.165, 1.54) is 60.6 Å². The summed E-state index contributed by atoms with van der Waals surface area (Å²) in [7, 11) is 2.17. The lowest BCUT2D eigenvalue weighted by Gasteiger charge is -2.25. The van der Waals surface area contributed by atoms with Gasteiger partial charge in [-0.25, -0.2) is 0 Å². The van der Waals surface area contributed by atoms with Gasteiger partial charge in [0.25, 0.3) is 5.69 Å². The smallest absolute Gasteiger partial charge is 0.257 e. The predicted octanol–water partition coefficient (Wildman–Crippen LogP) is 8.31. The fraction of sp³-hybridized carbons (Fsp3) is 0.219. The molecule has 0 saturated heterocycles. The Morgan fingerprint density at radius 2 is 1.56 bits per heavy atom. The molecule has 0 atom stereocenters. The highest BCUT2D eigenvalue weighted by Crippen LogP contribution is 2.52. The van der Waals surface area contributed by atoms with Gasteiger partial charge in [-0.05, 0) is 72.0 Å². The predicted molar refractivity (Wildman–Crippen MR) is 142 cm³/mol. The molecule has 2 heteroatoms. The Bertz CT molecular complexity index is 1620. The summed E-state index contributed by atoms with van der Waals surface area (Å²) in [5.41, 5.74) is 11.2. The van der Waals surface area contributed by atoms with Gasteiger partial charge in [-0.3, -0.25) is 0 Å². The number of hydrogen-bond acceptors (Lipinski definition) is 1. The number of benzene rings is 4. The number of fused-ring (bicyclic) bond motifs is 3. The summed E-state index contributed by atoms with van der Waals surface area (Å²) in [5.74, 6) is 2.41. The molecular formula is C32H30NO+. The van der Waals surface area contributed by atoms with Gasteiger partial charge in [0.15, 0.2) is 0 Å². The molecule has 0 amide bonds. The molecule has 1 aliphatic heterocycles. The third-order valence-electron chi connectivity index (χ3n) is 7.49. The summed E-state index contributed by atoms with van der Waals surface area (Å²) in [6, 6.07) is 24.5. The fourth-order valence-corrected chi connectivity index (χ4v) is 5.57. The lowest BCUT2D eigenvalue weighted by Crippen LogP contribution is -2.34. The number of rotatable bonds is 2. The SMILES string of the molecule is Cc1cc2c3c(c(C)c(C)cc3c1)-c1c(c(-c3ccc(C(C)C)cc3)c3ccccc3[n+]1C)O2. The van der Waals surface area contributed by atoms with Crippen molar-refractivity contribution in [1.29, 1.82) is 0 Å². The first-order chi connectivity index (χ1) is 16.3. The van der Waals surface area contributed by atoms with Crippen molar-refractivity contribution in [2.45, 2.75) is 40.5 Å². The van der Waals surface area contributed by atoms with Crippen molar-refractivity contribution in [2.24, 2.45) is 7.05 Å². The Labute approximate surface area is 201 Å². The van der Waals surface area contributed by atoms with E-state index in [1.54, 1.807) is 0 Å². The monoisotopic (exact) mass is 444 g/mol. The lowest BCUT2D eigenvalue weighted by molar-refractivity contribution is -0.633. The highest BCUT2D eigenvalue weighted by atomic mass is 16.5. The molecule has 0 radical (unpaired) electrons. The zero-order chi connectivity index (χ0) is 23.7. The third-order valence-corrected chi connectivity index (χ3v) is 7.49. The van der Waals surface area contributed by atoms with Crippen LogP contribution in [0.15, 0.2) is 66.7 Å². The molecule has 0 bridgehead atoms. The van der Waals surface area contributed by atoms with Crippen molar-refractivity contribution in [3.05, 3.63) is 89.0 Å². The van der Waals surface area contributed by atoms with Gasteiger partial charge in [0.1, 0.15) is 12.8 Å². The van der Waals surface area contributed by atoms with Crippen LogP contribution in [0.1, 0.15) is 42.0 Å². The van der Waals surface area contributed by atoms with E-state index in [0.717, 1.165) is 17.2 Å². The number of aryl methyl sites for hydroxylation is 3. The maximum Gasteiger partial charge on any atom is 0.257 e. The highest BCUT2D eigenvalue weighted by molar-refractivity contribution is 6.08. The van der Waals surface area contributed by atoms with E-state index >= 15 is 0 Å². The molecule has 168 valence electrons. The molecule has 4 aromatic carbocycles. The third kappa shape index (κ3) is 2.91. The van der Waals surface area contributed by atoms with Gasteiger partial charge in [0, 0.05) is 17.0 Å². The quantitative estimate of drug-likeness (QED) is 0.245. The molecule has 34 heavy (non-hydrogen) atoms. The van der Waals surface area contributed by atoms with Gasteiger partial charge in [-0.2, -0.15) is 4.57 Å². The average Bonchev–Trinajstić information content (AvgIpc) is 2.82. The first kappa shape index (κ1) is 20.9. The van der Waals surface area contributed by atoms with E-state index in [1.807, 2.05) is 0 Å². The van der Waals surface area contributed by atoms with Crippen LogP contribution < -0.4 is 9.30 Å². The van der Waals surface area contributed by atoms with Crippen molar-refractivity contribution < 1.29 is 9.30 Å². The van der Waals surface area contributed by atoms with Crippen LogP contribution >= 0.6 is 0 Å². The van der Waals surface area contributed by atoms with Crippen molar-refractivity contribution in [2.75, 3.05) is 0 Å². The molecular weight excluding hydrogens is 414 g/mol. The first-order valence-electron chi connectivity index (χ1n) is 12.1. The molecule has 0 saturated carbocycles. The second-order valence-corrected chi connectivity index (χ2v) is 10.1. The van der Waals surface area contributed by atoms with E-state index in [9.17, 15) is 0 Å². The average molecular weight is 445 g/mol. The van der Waals surface area contributed by atoms with E-state index in [0.29, 0.717) is 5.92 Å². The summed E-state index contributed by atoms with van der Waals surface area (Å²) in [5, 5.41) is 3.67. The Kier molecular flexibility index (Phi) is 4.57. The van der Waals surface area contributed by atoms with Gasteiger partial charge in [0.05, 0.1) is 10.9 Å². The first-order valence-corrected chi connectivity index (χ1v) is 12.1. The van der Waals surface area contributed by atoms with Crippen molar-refractivity contribution in [1.82, 2.24) is 0 Å². The Hall–Kier alpha value is -3.65. The molecule has 0 N–H and O–H groups in total.